The van der Waals surface area contributed by atoms with E-state index >= 15 is 0 Å². The van der Waals surface area contributed by atoms with Crippen LogP contribution in [-0.2, 0) is 16.0 Å². The number of imidazole rings is 1. The number of hydrogen-bond acceptors (Lipinski definition) is 8. The fraction of sp³-hybridized carbons (Fsp3) is 0.389. The Balaban J connectivity index is 1.47. The standard InChI is InChI=1S/C18H17ClIN5O4/c19-17-23-14(21-5-9-2-1-3-10(20)4-9)11-15(24-17)25(8-22-11)16-12-13(27)18(6-26,29-16)7-28-12/h1-4,8,12-13,16,26-27H,5-7H2,(H,21,23,24)/t12-,13+,16-,18+/m1/s1. The first-order chi connectivity index (χ1) is 14.0. The number of hydrogen-bond donors (Lipinski definition) is 3. The van der Waals surface area contributed by atoms with Crippen molar-refractivity contribution < 1.29 is 19.7 Å². The van der Waals surface area contributed by atoms with E-state index in [9.17, 15) is 10.2 Å². The molecule has 0 amide bonds. The van der Waals surface area contributed by atoms with Gasteiger partial charge in [-0.05, 0) is 51.9 Å². The Hall–Kier alpha value is -1.57. The van der Waals surface area contributed by atoms with Gasteiger partial charge in [0.1, 0.15) is 17.8 Å². The van der Waals surface area contributed by atoms with E-state index in [0.29, 0.717) is 23.5 Å². The molecule has 0 spiro atoms. The summed E-state index contributed by atoms with van der Waals surface area (Å²) in [6.07, 6.45) is -0.689. The van der Waals surface area contributed by atoms with Crippen LogP contribution in [0.4, 0.5) is 5.82 Å². The lowest BCUT2D eigenvalue weighted by Crippen LogP contribution is -2.44. The SMILES string of the molecule is OC[C@@]12CO[C@@H]([C@H](n3cnc4c(NCc5cccc(I)c5)nc(Cl)nc43)O1)[C@@H]2O. The number of nitrogens with one attached hydrogen (secondary N) is 1. The minimum absolute atomic E-state index is 0.0610. The first kappa shape index (κ1) is 19.4. The van der Waals surface area contributed by atoms with Gasteiger partial charge < -0.3 is 25.0 Å². The van der Waals surface area contributed by atoms with Crippen molar-refractivity contribution in [1.82, 2.24) is 19.5 Å². The Morgan fingerprint density at radius 3 is 3.00 bits per heavy atom. The quantitative estimate of drug-likeness (QED) is 0.338. The van der Waals surface area contributed by atoms with E-state index in [-0.39, 0.29) is 18.5 Å². The molecule has 2 aliphatic rings. The topological polar surface area (TPSA) is 115 Å². The molecule has 3 N–H and O–H groups in total. The number of rotatable bonds is 5. The molecule has 29 heavy (non-hydrogen) atoms. The fourth-order valence-corrected chi connectivity index (χ4v) is 4.56. The van der Waals surface area contributed by atoms with Crippen molar-refractivity contribution >= 4 is 51.2 Å². The first-order valence-electron chi connectivity index (χ1n) is 8.97. The van der Waals surface area contributed by atoms with Gasteiger partial charge in [-0.25, -0.2) is 4.98 Å². The molecule has 9 nitrogen and oxygen atoms in total. The van der Waals surface area contributed by atoms with E-state index < -0.39 is 24.0 Å². The van der Waals surface area contributed by atoms with Crippen LogP contribution in [0.15, 0.2) is 30.6 Å². The van der Waals surface area contributed by atoms with E-state index in [2.05, 4.69) is 48.9 Å². The molecule has 2 bridgehead atoms. The lowest BCUT2D eigenvalue weighted by Gasteiger charge is -2.29. The summed E-state index contributed by atoms with van der Waals surface area (Å²) in [6.45, 7) is 0.341. The summed E-state index contributed by atoms with van der Waals surface area (Å²) in [6, 6.07) is 8.10. The summed E-state index contributed by atoms with van der Waals surface area (Å²) in [5, 5.41) is 23.4. The Labute approximate surface area is 184 Å². The number of aromatic nitrogens is 4. The Morgan fingerprint density at radius 1 is 1.38 bits per heavy atom. The van der Waals surface area contributed by atoms with Gasteiger partial charge in [0.2, 0.25) is 5.28 Å². The molecule has 0 unspecified atom stereocenters. The fourth-order valence-electron chi connectivity index (χ4n) is 3.79. The summed E-state index contributed by atoms with van der Waals surface area (Å²) in [7, 11) is 0. The average Bonchev–Trinajstić information content (AvgIpc) is 3.35. The molecule has 0 radical (unpaired) electrons. The van der Waals surface area contributed by atoms with E-state index in [1.165, 1.54) is 0 Å². The second kappa shape index (κ2) is 7.29. The van der Waals surface area contributed by atoms with Crippen molar-refractivity contribution in [3.63, 3.8) is 0 Å². The largest absolute Gasteiger partial charge is 0.393 e. The zero-order valence-corrected chi connectivity index (χ0v) is 17.9. The highest BCUT2D eigenvalue weighted by atomic mass is 127. The van der Waals surface area contributed by atoms with Crippen molar-refractivity contribution in [2.45, 2.75) is 30.6 Å². The molecule has 2 aliphatic heterocycles. The molecular weight excluding hydrogens is 513 g/mol. The lowest BCUT2D eigenvalue weighted by atomic mass is 10.0. The normalized spacial score (nSPS) is 28.3. The Kier molecular flexibility index (Phi) is 4.87. The molecule has 1 aromatic carbocycles. The zero-order chi connectivity index (χ0) is 20.2. The number of halogens is 2. The molecule has 4 atom stereocenters. The third-order valence-corrected chi connectivity index (χ3v) is 6.13. The van der Waals surface area contributed by atoms with Gasteiger partial charge in [-0.15, -0.1) is 0 Å². The summed E-state index contributed by atoms with van der Waals surface area (Å²) in [5.74, 6) is 0.499. The van der Waals surface area contributed by atoms with Crippen molar-refractivity contribution in [2.24, 2.45) is 0 Å². The predicted octanol–water partition coefficient (Wildman–Crippen LogP) is 1.72. The average molecular weight is 530 g/mol. The van der Waals surface area contributed by atoms with Crippen LogP contribution in [0.5, 0.6) is 0 Å². The highest BCUT2D eigenvalue weighted by Crippen LogP contribution is 2.45. The van der Waals surface area contributed by atoms with Gasteiger partial charge >= 0.3 is 0 Å². The monoisotopic (exact) mass is 529 g/mol. The highest BCUT2D eigenvalue weighted by Gasteiger charge is 2.61. The maximum atomic E-state index is 10.4. The zero-order valence-electron chi connectivity index (χ0n) is 15.0. The molecule has 0 aliphatic carbocycles. The van der Waals surface area contributed by atoms with Crippen LogP contribution in [0, 0.1) is 3.57 Å². The van der Waals surface area contributed by atoms with E-state index in [0.717, 1.165) is 9.13 Å². The molecule has 4 heterocycles. The molecule has 2 fully saturated rings. The molecule has 0 saturated carbocycles. The van der Waals surface area contributed by atoms with Crippen LogP contribution in [0.2, 0.25) is 5.28 Å². The van der Waals surface area contributed by atoms with Crippen LogP contribution in [0.3, 0.4) is 0 Å². The van der Waals surface area contributed by atoms with Gasteiger partial charge in [-0.3, -0.25) is 4.57 Å². The number of anilines is 1. The Morgan fingerprint density at radius 2 is 2.24 bits per heavy atom. The summed E-state index contributed by atoms with van der Waals surface area (Å²) >= 11 is 8.43. The summed E-state index contributed by atoms with van der Waals surface area (Å²) in [4.78, 5) is 13.0. The number of fused-ring (bicyclic) bond motifs is 3. The summed E-state index contributed by atoms with van der Waals surface area (Å²) < 4.78 is 14.4. The minimum Gasteiger partial charge on any atom is -0.393 e. The van der Waals surface area contributed by atoms with E-state index in [4.69, 9.17) is 21.1 Å². The minimum atomic E-state index is -1.13. The third kappa shape index (κ3) is 3.18. The van der Waals surface area contributed by atoms with E-state index in [1.54, 1.807) is 10.9 Å². The van der Waals surface area contributed by atoms with Crippen LogP contribution in [-0.4, -0.2) is 60.8 Å². The number of benzene rings is 1. The van der Waals surface area contributed by atoms with Gasteiger partial charge in [0, 0.05) is 10.1 Å². The van der Waals surface area contributed by atoms with E-state index in [1.807, 2.05) is 18.2 Å². The molecule has 2 saturated heterocycles. The molecule has 5 rings (SSSR count). The second-order valence-electron chi connectivity index (χ2n) is 7.10. The molecule has 152 valence electrons. The smallest absolute Gasteiger partial charge is 0.226 e. The van der Waals surface area contributed by atoms with Crippen LogP contribution >= 0.6 is 34.2 Å². The maximum absolute atomic E-state index is 10.4. The second-order valence-corrected chi connectivity index (χ2v) is 8.68. The molecule has 3 aromatic rings. The molecule has 2 aromatic heterocycles. The number of nitrogens with zero attached hydrogens (tertiary/aromatic N) is 4. The van der Waals surface area contributed by atoms with Crippen molar-refractivity contribution in [3.05, 3.63) is 45.0 Å². The summed E-state index contributed by atoms with van der Waals surface area (Å²) in [5.41, 5.74) is 0.946. The van der Waals surface area contributed by atoms with Crippen molar-refractivity contribution in [2.75, 3.05) is 18.5 Å². The van der Waals surface area contributed by atoms with Crippen molar-refractivity contribution in [3.8, 4) is 0 Å². The number of ether oxygens (including phenoxy) is 2. The predicted molar refractivity (Wildman–Crippen MR) is 113 cm³/mol. The van der Waals surface area contributed by atoms with Gasteiger partial charge in [0.15, 0.2) is 23.2 Å². The molecule has 11 heteroatoms. The van der Waals surface area contributed by atoms with Gasteiger partial charge in [0.25, 0.3) is 0 Å². The van der Waals surface area contributed by atoms with Gasteiger partial charge in [0.05, 0.1) is 19.5 Å². The molecular formula is C18H17ClIN5O4. The van der Waals surface area contributed by atoms with Crippen LogP contribution in [0.25, 0.3) is 11.2 Å². The van der Waals surface area contributed by atoms with Gasteiger partial charge in [-0.1, -0.05) is 12.1 Å². The maximum Gasteiger partial charge on any atom is 0.226 e. The highest BCUT2D eigenvalue weighted by molar-refractivity contribution is 14.1. The van der Waals surface area contributed by atoms with Crippen molar-refractivity contribution in [1.29, 1.82) is 0 Å². The first-order valence-corrected chi connectivity index (χ1v) is 10.4. The van der Waals surface area contributed by atoms with Crippen LogP contribution in [0.1, 0.15) is 11.8 Å². The van der Waals surface area contributed by atoms with Crippen LogP contribution < -0.4 is 5.32 Å². The van der Waals surface area contributed by atoms with Gasteiger partial charge in [-0.2, -0.15) is 9.97 Å². The third-order valence-electron chi connectivity index (χ3n) is 5.29. The number of aliphatic hydroxyl groups excluding tert-OH is 2. The number of aliphatic hydroxyl groups is 2. The lowest BCUT2D eigenvalue weighted by molar-refractivity contribution is -0.185. The Bertz CT molecular complexity index is 1080.